The Bertz CT molecular complexity index is 659. The molecule has 0 saturated heterocycles. The molecule has 0 saturated carbocycles. The zero-order valence-electron chi connectivity index (χ0n) is 24.2. The Kier molecular flexibility index (Phi) is 25.5. The number of allylic oxidation sites excluding steroid dienone is 3. The predicted octanol–water partition coefficient (Wildman–Crippen LogP) is 6.71. The normalized spacial score (nSPS) is 15.2. The second-order valence-electron chi connectivity index (χ2n) is 9.96. The smallest absolute Gasteiger partial charge is 0.387 e. The molecular formula is C29H57N2O6P. The molecule has 3 atom stereocenters. The van der Waals surface area contributed by atoms with Crippen molar-refractivity contribution >= 4 is 13.7 Å². The lowest BCUT2D eigenvalue weighted by atomic mass is 10.0. The summed E-state index contributed by atoms with van der Waals surface area (Å²) in [4.78, 5) is 22.3. The third kappa shape index (κ3) is 24.1. The van der Waals surface area contributed by atoms with Crippen molar-refractivity contribution in [3.8, 4) is 0 Å². The van der Waals surface area contributed by atoms with E-state index in [0.29, 0.717) is 6.42 Å². The predicted molar refractivity (Wildman–Crippen MR) is 157 cm³/mol. The highest BCUT2D eigenvalue weighted by atomic mass is 31.2. The van der Waals surface area contributed by atoms with E-state index < -0.39 is 20.0 Å². The number of hydrogen-bond acceptors (Lipinski definition) is 6. The molecule has 0 aliphatic heterocycles. The summed E-state index contributed by atoms with van der Waals surface area (Å²) in [6.07, 6.45) is 25.2. The molecule has 0 aliphatic rings. The molecule has 5 N–H and O–H groups in total. The first-order valence-electron chi connectivity index (χ1n) is 15.0. The Labute approximate surface area is 232 Å². The number of nitrogens with two attached hydrogens (primary N) is 1. The van der Waals surface area contributed by atoms with Crippen molar-refractivity contribution in [2.45, 2.75) is 135 Å². The summed E-state index contributed by atoms with van der Waals surface area (Å²) in [7, 11) is -4.32. The van der Waals surface area contributed by atoms with Gasteiger partial charge in [-0.2, -0.15) is 0 Å². The van der Waals surface area contributed by atoms with Gasteiger partial charge in [0.2, 0.25) is 5.91 Å². The molecule has 0 bridgehead atoms. The minimum absolute atomic E-state index is 0.0747. The molecule has 0 aromatic rings. The van der Waals surface area contributed by atoms with Crippen LogP contribution in [0.5, 0.6) is 0 Å². The van der Waals surface area contributed by atoms with E-state index in [4.69, 9.17) is 14.8 Å². The third-order valence-electron chi connectivity index (χ3n) is 6.28. The standard InChI is InChI=1S/C29H57N2O6P/c1-3-5-7-9-11-13-14-15-17-19-21-23-29(33)31-27(26-37-38(34,35)36-25-24-30)28(32)22-20-18-16-12-10-8-6-4-2/h10,12,20,22,27-28,32H,3-9,11,13-19,21,23-26,30H2,1-2H3,(H,31,33)(H,34,35)/b12-10+,22-20+. The molecule has 9 heteroatoms. The van der Waals surface area contributed by atoms with Crippen LogP contribution in [0.25, 0.3) is 0 Å². The van der Waals surface area contributed by atoms with Crippen molar-refractivity contribution in [3.05, 3.63) is 24.3 Å². The van der Waals surface area contributed by atoms with Crippen LogP contribution in [0.3, 0.4) is 0 Å². The van der Waals surface area contributed by atoms with Gasteiger partial charge in [-0.3, -0.25) is 13.8 Å². The van der Waals surface area contributed by atoms with Gasteiger partial charge in [0.15, 0.2) is 0 Å². The molecular weight excluding hydrogens is 503 g/mol. The van der Waals surface area contributed by atoms with Crippen molar-refractivity contribution in [2.75, 3.05) is 19.8 Å². The fourth-order valence-electron chi connectivity index (χ4n) is 3.95. The fourth-order valence-corrected chi connectivity index (χ4v) is 4.71. The summed E-state index contributed by atoms with van der Waals surface area (Å²) in [5, 5.41) is 13.4. The number of unbranched alkanes of at least 4 members (excludes halogenated alkanes) is 13. The summed E-state index contributed by atoms with van der Waals surface area (Å²) >= 11 is 0. The lowest BCUT2D eigenvalue weighted by Gasteiger charge is -2.23. The number of aliphatic hydroxyl groups is 1. The Hall–Kier alpha value is -1.02. The number of carbonyl (C=O) groups excluding carboxylic acids is 1. The van der Waals surface area contributed by atoms with Crippen LogP contribution in [-0.4, -0.2) is 47.8 Å². The fraction of sp³-hybridized carbons (Fsp3) is 0.828. The zero-order chi connectivity index (χ0) is 28.3. The Morgan fingerprint density at radius 2 is 1.39 bits per heavy atom. The Morgan fingerprint density at radius 1 is 0.842 bits per heavy atom. The van der Waals surface area contributed by atoms with Gasteiger partial charge in [-0.05, 0) is 25.7 Å². The van der Waals surface area contributed by atoms with E-state index in [2.05, 4.69) is 31.3 Å². The summed E-state index contributed by atoms with van der Waals surface area (Å²) in [5.41, 5.74) is 5.31. The molecule has 224 valence electrons. The average Bonchev–Trinajstić information content (AvgIpc) is 2.89. The molecule has 0 aromatic heterocycles. The minimum atomic E-state index is -4.32. The lowest BCUT2D eigenvalue weighted by Crippen LogP contribution is -2.45. The van der Waals surface area contributed by atoms with Crippen LogP contribution in [-0.2, 0) is 18.4 Å². The number of rotatable bonds is 27. The maximum atomic E-state index is 12.5. The molecule has 8 nitrogen and oxygen atoms in total. The van der Waals surface area contributed by atoms with Gasteiger partial charge in [-0.25, -0.2) is 4.57 Å². The van der Waals surface area contributed by atoms with E-state index in [1.165, 1.54) is 64.2 Å². The van der Waals surface area contributed by atoms with Crippen LogP contribution >= 0.6 is 7.82 Å². The topological polar surface area (TPSA) is 131 Å². The van der Waals surface area contributed by atoms with Gasteiger partial charge in [0.25, 0.3) is 0 Å². The Balaban J connectivity index is 4.48. The van der Waals surface area contributed by atoms with Gasteiger partial charge in [0.05, 0.1) is 25.4 Å². The molecule has 0 aliphatic carbocycles. The summed E-state index contributed by atoms with van der Waals surface area (Å²) in [6, 6.07) is -0.867. The highest BCUT2D eigenvalue weighted by Gasteiger charge is 2.26. The second kappa shape index (κ2) is 26.2. The van der Waals surface area contributed by atoms with Crippen molar-refractivity contribution in [1.29, 1.82) is 0 Å². The number of phosphoric ester groups is 1. The van der Waals surface area contributed by atoms with Crippen LogP contribution in [0.4, 0.5) is 0 Å². The number of nitrogens with one attached hydrogen (secondary N) is 1. The Morgan fingerprint density at radius 3 is 2.00 bits per heavy atom. The quantitative estimate of drug-likeness (QED) is 0.0499. The molecule has 0 rings (SSSR count). The van der Waals surface area contributed by atoms with Gasteiger partial charge >= 0.3 is 7.82 Å². The van der Waals surface area contributed by atoms with Crippen molar-refractivity contribution < 1.29 is 28.4 Å². The molecule has 0 fully saturated rings. The number of phosphoric acid groups is 1. The second-order valence-corrected chi connectivity index (χ2v) is 11.4. The van der Waals surface area contributed by atoms with Crippen LogP contribution in [0.1, 0.15) is 123 Å². The molecule has 0 radical (unpaired) electrons. The largest absolute Gasteiger partial charge is 0.472 e. The number of hydrogen-bond donors (Lipinski definition) is 4. The monoisotopic (exact) mass is 560 g/mol. The summed E-state index contributed by atoms with van der Waals surface area (Å²) in [5.74, 6) is -0.212. The van der Waals surface area contributed by atoms with Crippen LogP contribution < -0.4 is 11.1 Å². The van der Waals surface area contributed by atoms with E-state index in [1.54, 1.807) is 6.08 Å². The maximum Gasteiger partial charge on any atom is 0.472 e. The molecule has 0 aromatic carbocycles. The van der Waals surface area contributed by atoms with E-state index in [9.17, 15) is 19.4 Å². The van der Waals surface area contributed by atoms with Gasteiger partial charge in [-0.15, -0.1) is 0 Å². The van der Waals surface area contributed by atoms with Gasteiger partial charge in [0.1, 0.15) is 0 Å². The SMILES string of the molecule is CCCC/C=C/CC/C=C/C(O)C(COP(=O)(O)OCCN)NC(=O)CCCCCCCCCCCCC. The molecule has 0 heterocycles. The van der Waals surface area contributed by atoms with E-state index in [1.807, 2.05) is 6.08 Å². The van der Waals surface area contributed by atoms with Gasteiger partial charge in [0, 0.05) is 13.0 Å². The van der Waals surface area contributed by atoms with Crippen LogP contribution in [0.2, 0.25) is 0 Å². The minimum Gasteiger partial charge on any atom is -0.387 e. The number of aliphatic hydroxyl groups excluding tert-OH is 1. The molecule has 1 amide bonds. The first kappa shape index (κ1) is 37.0. The lowest BCUT2D eigenvalue weighted by molar-refractivity contribution is -0.123. The van der Waals surface area contributed by atoms with Crippen LogP contribution in [0.15, 0.2) is 24.3 Å². The van der Waals surface area contributed by atoms with Gasteiger partial charge < -0.3 is 21.1 Å². The van der Waals surface area contributed by atoms with Crippen LogP contribution in [0, 0.1) is 0 Å². The molecule has 38 heavy (non-hydrogen) atoms. The summed E-state index contributed by atoms with van der Waals surface area (Å²) < 4.78 is 21.8. The van der Waals surface area contributed by atoms with Crippen molar-refractivity contribution in [1.82, 2.24) is 5.32 Å². The highest BCUT2D eigenvalue weighted by Crippen LogP contribution is 2.43. The first-order chi connectivity index (χ1) is 18.4. The van der Waals surface area contributed by atoms with Crippen molar-refractivity contribution in [2.24, 2.45) is 5.73 Å². The molecule has 0 spiro atoms. The first-order valence-corrected chi connectivity index (χ1v) is 16.5. The highest BCUT2D eigenvalue weighted by molar-refractivity contribution is 7.47. The molecule has 3 unspecified atom stereocenters. The zero-order valence-corrected chi connectivity index (χ0v) is 25.1. The van der Waals surface area contributed by atoms with E-state index in [-0.39, 0.29) is 25.7 Å². The number of amides is 1. The average molecular weight is 561 g/mol. The summed E-state index contributed by atoms with van der Waals surface area (Å²) in [6.45, 7) is 3.99. The third-order valence-corrected chi connectivity index (χ3v) is 7.26. The van der Waals surface area contributed by atoms with Gasteiger partial charge in [-0.1, -0.05) is 115 Å². The van der Waals surface area contributed by atoms with E-state index >= 15 is 0 Å². The van der Waals surface area contributed by atoms with E-state index in [0.717, 1.165) is 38.5 Å². The number of carbonyl (C=O) groups is 1. The maximum absolute atomic E-state index is 12.5. The van der Waals surface area contributed by atoms with Crippen molar-refractivity contribution in [3.63, 3.8) is 0 Å².